The number of carbonyl (C=O) groups excluding carboxylic acids is 1. The molecule has 4 nitrogen and oxygen atoms in total. The minimum Gasteiger partial charge on any atom is -0.448 e. The first-order valence-electron chi connectivity index (χ1n) is 4.58. The fraction of sp³-hybridized carbons (Fsp3) is 0.750. The standard InChI is InChI=1S/C8H13ClN2O2S/c1-2-13-8(12)11-6-4-3-5-10(11)7(9)14/h2-6H2,1H3. The Morgan fingerprint density at radius 1 is 1.43 bits per heavy atom. The summed E-state index contributed by atoms with van der Waals surface area (Å²) in [4.78, 5) is 11.5. The minimum atomic E-state index is -0.379. The first-order valence-corrected chi connectivity index (χ1v) is 5.36. The Labute approximate surface area is 93.7 Å². The van der Waals surface area contributed by atoms with E-state index < -0.39 is 0 Å². The molecule has 0 unspecified atom stereocenters. The zero-order chi connectivity index (χ0) is 10.6. The maximum Gasteiger partial charge on any atom is 0.428 e. The first-order chi connectivity index (χ1) is 6.66. The van der Waals surface area contributed by atoms with Gasteiger partial charge >= 0.3 is 6.09 Å². The smallest absolute Gasteiger partial charge is 0.428 e. The molecule has 14 heavy (non-hydrogen) atoms. The summed E-state index contributed by atoms with van der Waals surface area (Å²) in [5.74, 6) is 0. The molecule has 0 spiro atoms. The van der Waals surface area contributed by atoms with Crippen LogP contribution in [0.25, 0.3) is 0 Å². The molecule has 0 aliphatic carbocycles. The summed E-state index contributed by atoms with van der Waals surface area (Å²) in [6, 6.07) is 0. The summed E-state index contributed by atoms with van der Waals surface area (Å²) >= 11 is 10.5. The average Bonchev–Trinajstić information content (AvgIpc) is 2.18. The highest BCUT2D eigenvalue weighted by atomic mass is 35.5. The van der Waals surface area contributed by atoms with Gasteiger partial charge < -0.3 is 4.74 Å². The van der Waals surface area contributed by atoms with Crippen LogP contribution in [0.4, 0.5) is 4.79 Å². The molecule has 1 aliphatic heterocycles. The van der Waals surface area contributed by atoms with Gasteiger partial charge in [0.05, 0.1) is 6.61 Å². The Kier molecular flexibility index (Phi) is 4.41. The van der Waals surface area contributed by atoms with Crippen LogP contribution in [0.2, 0.25) is 0 Å². The molecule has 1 heterocycles. The molecule has 0 aromatic carbocycles. The number of amides is 1. The highest BCUT2D eigenvalue weighted by molar-refractivity contribution is 7.83. The lowest BCUT2D eigenvalue weighted by Crippen LogP contribution is -2.51. The third kappa shape index (κ3) is 2.72. The Bertz CT molecular complexity index is 237. The Balaban J connectivity index is 2.62. The van der Waals surface area contributed by atoms with Crippen LogP contribution >= 0.6 is 23.8 Å². The number of hydrogen-bond donors (Lipinski definition) is 0. The summed E-state index contributed by atoms with van der Waals surface area (Å²) in [6.45, 7) is 3.43. The summed E-state index contributed by atoms with van der Waals surface area (Å²) in [5, 5.41) is 3.04. The average molecular weight is 237 g/mol. The molecule has 1 aliphatic rings. The molecule has 1 fully saturated rings. The summed E-state index contributed by atoms with van der Waals surface area (Å²) in [5.41, 5.74) is 0. The van der Waals surface area contributed by atoms with E-state index in [9.17, 15) is 4.79 Å². The molecular weight excluding hydrogens is 224 g/mol. The normalized spacial score (nSPS) is 16.7. The molecule has 0 radical (unpaired) electrons. The van der Waals surface area contributed by atoms with Crippen molar-refractivity contribution in [1.82, 2.24) is 10.0 Å². The van der Waals surface area contributed by atoms with Crippen LogP contribution in [0.3, 0.4) is 0 Å². The second-order valence-electron chi connectivity index (χ2n) is 2.91. The lowest BCUT2D eigenvalue weighted by Gasteiger charge is -2.37. The highest BCUT2D eigenvalue weighted by Gasteiger charge is 2.26. The number of carbonyl (C=O) groups is 1. The minimum absolute atomic E-state index is 0.192. The Hall–Kier alpha value is -0.550. The van der Waals surface area contributed by atoms with Gasteiger partial charge in [0.15, 0.2) is 4.45 Å². The van der Waals surface area contributed by atoms with Crippen molar-refractivity contribution in [3.63, 3.8) is 0 Å². The van der Waals surface area contributed by atoms with E-state index in [1.165, 1.54) is 5.01 Å². The Morgan fingerprint density at radius 2 is 2.00 bits per heavy atom. The predicted molar refractivity (Wildman–Crippen MR) is 58.1 cm³/mol. The van der Waals surface area contributed by atoms with Gasteiger partial charge in [0.25, 0.3) is 0 Å². The SMILES string of the molecule is CCOC(=O)N1CCCCN1C(=S)Cl. The van der Waals surface area contributed by atoms with Crippen LogP contribution in [0.5, 0.6) is 0 Å². The maximum atomic E-state index is 11.5. The van der Waals surface area contributed by atoms with Crippen molar-refractivity contribution < 1.29 is 9.53 Å². The zero-order valence-electron chi connectivity index (χ0n) is 8.03. The third-order valence-corrected chi connectivity index (χ3v) is 2.37. The van der Waals surface area contributed by atoms with Crippen LogP contribution in [-0.4, -0.2) is 40.3 Å². The molecule has 0 aromatic heterocycles. The molecule has 0 N–H and O–H groups in total. The fourth-order valence-corrected chi connectivity index (χ4v) is 1.70. The van der Waals surface area contributed by atoms with Crippen molar-refractivity contribution in [1.29, 1.82) is 0 Å². The van der Waals surface area contributed by atoms with Gasteiger partial charge in [0, 0.05) is 13.1 Å². The summed E-state index contributed by atoms with van der Waals surface area (Å²) in [7, 11) is 0. The number of nitrogens with zero attached hydrogens (tertiary/aromatic N) is 2. The molecule has 0 atom stereocenters. The Morgan fingerprint density at radius 3 is 2.50 bits per heavy atom. The zero-order valence-corrected chi connectivity index (χ0v) is 9.61. The number of hydrazine groups is 1. The second-order valence-corrected chi connectivity index (χ2v) is 3.87. The van der Waals surface area contributed by atoms with Crippen molar-refractivity contribution in [2.24, 2.45) is 0 Å². The predicted octanol–water partition coefficient (Wildman–Crippen LogP) is 1.98. The number of rotatable bonds is 1. The van der Waals surface area contributed by atoms with E-state index in [4.69, 9.17) is 28.6 Å². The van der Waals surface area contributed by atoms with Crippen molar-refractivity contribution in [2.45, 2.75) is 19.8 Å². The van der Waals surface area contributed by atoms with Crippen molar-refractivity contribution in [3.05, 3.63) is 0 Å². The van der Waals surface area contributed by atoms with Crippen molar-refractivity contribution in [3.8, 4) is 0 Å². The van der Waals surface area contributed by atoms with Gasteiger partial charge in [-0.15, -0.1) is 0 Å². The summed E-state index contributed by atoms with van der Waals surface area (Å²) < 4.78 is 5.08. The molecule has 0 aromatic rings. The summed E-state index contributed by atoms with van der Waals surface area (Å²) in [6.07, 6.45) is 1.56. The van der Waals surface area contributed by atoms with E-state index in [1.54, 1.807) is 11.9 Å². The van der Waals surface area contributed by atoms with Gasteiger partial charge in [0.2, 0.25) is 0 Å². The van der Waals surface area contributed by atoms with Gasteiger partial charge in [-0.05, 0) is 32.0 Å². The van der Waals surface area contributed by atoms with E-state index in [-0.39, 0.29) is 10.5 Å². The number of thiocarbonyl (C=S) groups is 1. The van der Waals surface area contributed by atoms with Crippen molar-refractivity contribution >= 4 is 34.4 Å². The molecule has 1 amide bonds. The van der Waals surface area contributed by atoms with Crippen molar-refractivity contribution in [2.75, 3.05) is 19.7 Å². The molecular formula is C8H13ClN2O2S. The van der Waals surface area contributed by atoms with E-state index in [0.29, 0.717) is 19.7 Å². The molecule has 6 heteroatoms. The third-order valence-electron chi connectivity index (χ3n) is 1.96. The van der Waals surface area contributed by atoms with Crippen LogP contribution in [0, 0.1) is 0 Å². The quantitative estimate of drug-likeness (QED) is 0.396. The van der Waals surface area contributed by atoms with E-state index in [1.807, 2.05) is 0 Å². The fourth-order valence-electron chi connectivity index (χ4n) is 1.34. The van der Waals surface area contributed by atoms with Crippen LogP contribution < -0.4 is 0 Å². The van der Waals surface area contributed by atoms with Crippen LogP contribution in [0.15, 0.2) is 0 Å². The lowest BCUT2D eigenvalue weighted by atomic mass is 10.2. The number of halogens is 1. The number of ether oxygens (including phenoxy) is 1. The van der Waals surface area contributed by atoms with Gasteiger partial charge in [-0.25, -0.2) is 9.80 Å². The van der Waals surface area contributed by atoms with E-state index >= 15 is 0 Å². The second kappa shape index (κ2) is 5.36. The van der Waals surface area contributed by atoms with Crippen LogP contribution in [0.1, 0.15) is 19.8 Å². The van der Waals surface area contributed by atoms with Gasteiger partial charge in [-0.3, -0.25) is 5.01 Å². The molecule has 0 saturated carbocycles. The highest BCUT2D eigenvalue weighted by Crippen LogP contribution is 2.14. The molecule has 1 saturated heterocycles. The van der Waals surface area contributed by atoms with Gasteiger partial charge in [0.1, 0.15) is 0 Å². The van der Waals surface area contributed by atoms with Gasteiger partial charge in [-0.1, -0.05) is 11.6 Å². The van der Waals surface area contributed by atoms with Gasteiger partial charge in [-0.2, -0.15) is 0 Å². The van der Waals surface area contributed by atoms with E-state index in [0.717, 1.165) is 12.8 Å². The molecule has 0 bridgehead atoms. The lowest BCUT2D eigenvalue weighted by molar-refractivity contribution is 0.0109. The maximum absolute atomic E-state index is 11.5. The monoisotopic (exact) mass is 236 g/mol. The van der Waals surface area contributed by atoms with Crippen LogP contribution in [-0.2, 0) is 4.74 Å². The van der Waals surface area contributed by atoms with E-state index in [2.05, 4.69) is 0 Å². The molecule has 80 valence electrons. The molecule has 1 rings (SSSR count). The largest absolute Gasteiger partial charge is 0.448 e. The first kappa shape index (κ1) is 11.5. The number of hydrogen-bond acceptors (Lipinski definition) is 3. The topological polar surface area (TPSA) is 32.8 Å².